The number of rotatable bonds is 7. The first kappa shape index (κ1) is 20.2. The zero-order valence-corrected chi connectivity index (χ0v) is 17.0. The monoisotopic (exact) mass is 406 g/mol. The van der Waals surface area contributed by atoms with E-state index in [9.17, 15) is 9.59 Å². The Balaban J connectivity index is 1.47. The molecule has 28 heavy (non-hydrogen) atoms. The molecule has 1 heterocycles. The SMILES string of the molecule is COc1cc2nc(NC(=O)CCNC(=O)NC3CCCCC3)sc2cc1OC. The van der Waals surface area contributed by atoms with Gasteiger partial charge in [0, 0.05) is 31.1 Å². The molecule has 1 aromatic heterocycles. The summed E-state index contributed by atoms with van der Waals surface area (Å²) in [4.78, 5) is 28.5. The van der Waals surface area contributed by atoms with Crippen LogP contribution in [0.4, 0.5) is 9.93 Å². The molecule has 0 spiro atoms. The number of methoxy groups -OCH3 is 2. The maximum atomic E-state index is 12.1. The van der Waals surface area contributed by atoms with E-state index in [1.165, 1.54) is 17.8 Å². The van der Waals surface area contributed by atoms with Crippen LogP contribution in [0.15, 0.2) is 12.1 Å². The fourth-order valence-corrected chi connectivity index (χ4v) is 4.16. The summed E-state index contributed by atoms with van der Waals surface area (Å²) in [6.07, 6.45) is 5.80. The molecule has 0 saturated heterocycles. The number of hydrogen-bond acceptors (Lipinski definition) is 6. The molecule has 1 aliphatic carbocycles. The van der Waals surface area contributed by atoms with Crippen molar-refractivity contribution in [2.45, 2.75) is 44.6 Å². The summed E-state index contributed by atoms with van der Waals surface area (Å²) < 4.78 is 11.4. The van der Waals surface area contributed by atoms with Crippen molar-refractivity contribution in [3.8, 4) is 11.5 Å². The molecule has 0 atom stereocenters. The molecule has 3 amide bonds. The standard InChI is InChI=1S/C19H26N4O4S/c1-26-14-10-13-16(11-15(14)27-2)28-19(22-13)23-17(24)8-9-20-18(25)21-12-6-4-3-5-7-12/h10-12H,3-9H2,1-2H3,(H2,20,21,25)(H,22,23,24). The first-order valence-electron chi connectivity index (χ1n) is 9.46. The Labute approximate surface area is 168 Å². The first-order chi connectivity index (χ1) is 13.6. The second-order valence-corrected chi connectivity index (χ2v) is 7.76. The average molecular weight is 407 g/mol. The smallest absolute Gasteiger partial charge is 0.315 e. The number of nitrogens with one attached hydrogen (secondary N) is 3. The number of ether oxygens (including phenoxy) is 2. The Morgan fingerprint density at radius 2 is 1.86 bits per heavy atom. The van der Waals surface area contributed by atoms with Crippen LogP contribution in [0.3, 0.4) is 0 Å². The van der Waals surface area contributed by atoms with Crippen LogP contribution in [-0.4, -0.2) is 43.7 Å². The fraction of sp³-hybridized carbons (Fsp3) is 0.526. The highest BCUT2D eigenvalue weighted by molar-refractivity contribution is 7.22. The summed E-state index contributed by atoms with van der Waals surface area (Å²) >= 11 is 1.36. The van der Waals surface area contributed by atoms with E-state index in [2.05, 4.69) is 20.9 Å². The van der Waals surface area contributed by atoms with Gasteiger partial charge >= 0.3 is 6.03 Å². The van der Waals surface area contributed by atoms with E-state index in [0.29, 0.717) is 16.6 Å². The lowest BCUT2D eigenvalue weighted by Gasteiger charge is -2.22. The van der Waals surface area contributed by atoms with Gasteiger partial charge in [-0.1, -0.05) is 30.6 Å². The van der Waals surface area contributed by atoms with Crippen LogP contribution in [0.2, 0.25) is 0 Å². The van der Waals surface area contributed by atoms with E-state index in [1.54, 1.807) is 20.3 Å². The number of amides is 3. The molecule has 3 N–H and O–H groups in total. The second-order valence-electron chi connectivity index (χ2n) is 6.73. The topological polar surface area (TPSA) is 102 Å². The molecule has 8 nitrogen and oxygen atoms in total. The van der Waals surface area contributed by atoms with Crippen LogP contribution in [-0.2, 0) is 4.79 Å². The number of carbonyl (C=O) groups is 2. The van der Waals surface area contributed by atoms with Gasteiger partial charge in [-0.15, -0.1) is 0 Å². The van der Waals surface area contributed by atoms with E-state index in [4.69, 9.17) is 9.47 Å². The van der Waals surface area contributed by atoms with Crippen molar-refractivity contribution < 1.29 is 19.1 Å². The summed E-state index contributed by atoms with van der Waals surface area (Å²) in [7, 11) is 3.14. The molecule has 0 radical (unpaired) electrons. The lowest BCUT2D eigenvalue weighted by molar-refractivity contribution is -0.116. The van der Waals surface area contributed by atoms with Crippen LogP contribution >= 0.6 is 11.3 Å². The van der Waals surface area contributed by atoms with E-state index in [1.807, 2.05) is 6.07 Å². The largest absolute Gasteiger partial charge is 0.493 e. The van der Waals surface area contributed by atoms with Crippen molar-refractivity contribution in [1.29, 1.82) is 0 Å². The van der Waals surface area contributed by atoms with Crippen molar-refractivity contribution >= 4 is 38.6 Å². The van der Waals surface area contributed by atoms with E-state index in [0.717, 1.165) is 35.9 Å². The first-order valence-corrected chi connectivity index (χ1v) is 10.3. The Kier molecular flexibility index (Phi) is 6.91. The maximum absolute atomic E-state index is 12.1. The predicted molar refractivity (Wildman–Crippen MR) is 109 cm³/mol. The van der Waals surface area contributed by atoms with Gasteiger partial charge in [-0.05, 0) is 12.8 Å². The van der Waals surface area contributed by atoms with Crippen molar-refractivity contribution in [1.82, 2.24) is 15.6 Å². The number of benzene rings is 1. The highest BCUT2D eigenvalue weighted by Crippen LogP contribution is 2.36. The summed E-state index contributed by atoms with van der Waals surface area (Å²) in [6, 6.07) is 3.65. The third-order valence-electron chi connectivity index (χ3n) is 4.72. The van der Waals surface area contributed by atoms with E-state index >= 15 is 0 Å². The molecule has 0 aliphatic heterocycles. The number of carbonyl (C=O) groups excluding carboxylic acids is 2. The summed E-state index contributed by atoms with van der Waals surface area (Å²) in [5.74, 6) is 1.01. The molecular weight excluding hydrogens is 380 g/mol. The molecule has 3 rings (SSSR count). The Morgan fingerprint density at radius 1 is 1.14 bits per heavy atom. The highest BCUT2D eigenvalue weighted by Gasteiger charge is 2.16. The number of anilines is 1. The molecule has 152 valence electrons. The number of hydrogen-bond donors (Lipinski definition) is 3. The molecule has 9 heteroatoms. The average Bonchev–Trinajstić information content (AvgIpc) is 3.08. The number of nitrogens with zero attached hydrogens (tertiary/aromatic N) is 1. The minimum Gasteiger partial charge on any atom is -0.493 e. The van der Waals surface area contributed by atoms with Crippen molar-refractivity contribution in [3.63, 3.8) is 0 Å². The predicted octanol–water partition coefficient (Wildman–Crippen LogP) is 3.27. The van der Waals surface area contributed by atoms with Gasteiger partial charge in [-0.3, -0.25) is 4.79 Å². The van der Waals surface area contributed by atoms with Gasteiger partial charge in [0.15, 0.2) is 16.6 Å². The normalized spacial score (nSPS) is 14.5. The maximum Gasteiger partial charge on any atom is 0.315 e. The lowest BCUT2D eigenvalue weighted by atomic mass is 9.96. The van der Waals surface area contributed by atoms with Crippen LogP contribution in [0, 0.1) is 0 Å². The lowest BCUT2D eigenvalue weighted by Crippen LogP contribution is -2.43. The number of fused-ring (bicyclic) bond motifs is 1. The second kappa shape index (κ2) is 9.59. The van der Waals surface area contributed by atoms with E-state index < -0.39 is 0 Å². The van der Waals surface area contributed by atoms with E-state index in [-0.39, 0.29) is 30.9 Å². The Morgan fingerprint density at radius 3 is 2.57 bits per heavy atom. The Hall–Kier alpha value is -2.55. The molecule has 1 aliphatic rings. The van der Waals surface area contributed by atoms with Gasteiger partial charge in [0.25, 0.3) is 0 Å². The van der Waals surface area contributed by atoms with Gasteiger partial charge in [0.1, 0.15) is 0 Å². The molecule has 2 aromatic rings. The zero-order valence-electron chi connectivity index (χ0n) is 16.2. The number of urea groups is 1. The molecule has 0 unspecified atom stereocenters. The minimum absolute atomic E-state index is 0.181. The number of thiazole rings is 1. The molecular formula is C19H26N4O4S. The summed E-state index contributed by atoms with van der Waals surface area (Å²) in [6.45, 7) is 0.275. The third kappa shape index (κ3) is 5.25. The third-order valence-corrected chi connectivity index (χ3v) is 5.65. The zero-order chi connectivity index (χ0) is 19.9. The molecule has 1 aromatic carbocycles. The molecule has 1 fully saturated rings. The minimum atomic E-state index is -0.209. The van der Waals surface area contributed by atoms with Gasteiger partial charge in [-0.2, -0.15) is 0 Å². The van der Waals surface area contributed by atoms with Gasteiger partial charge in [0.2, 0.25) is 5.91 Å². The van der Waals surface area contributed by atoms with Gasteiger partial charge in [-0.25, -0.2) is 9.78 Å². The highest BCUT2D eigenvalue weighted by atomic mass is 32.1. The van der Waals surface area contributed by atoms with Crippen molar-refractivity contribution in [2.24, 2.45) is 0 Å². The Bertz CT molecular complexity index is 792. The van der Waals surface area contributed by atoms with Crippen LogP contribution in [0.1, 0.15) is 38.5 Å². The van der Waals surface area contributed by atoms with Gasteiger partial charge in [0.05, 0.1) is 24.4 Å². The van der Waals surface area contributed by atoms with Gasteiger partial charge < -0.3 is 25.4 Å². The number of aromatic nitrogens is 1. The molecule has 0 bridgehead atoms. The fourth-order valence-electron chi connectivity index (χ4n) is 3.26. The van der Waals surface area contributed by atoms with Crippen molar-refractivity contribution in [2.75, 3.05) is 26.1 Å². The van der Waals surface area contributed by atoms with Crippen LogP contribution < -0.4 is 25.4 Å². The van der Waals surface area contributed by atoms with Crippen molar-refractivity contribution in [3.05, 3.63) is 12.1 Å². The summed E-state index contributed by atoms with van der Waals surface area (Å²) in [5.41, 5.74) is 0.725. The molecule has 1 saturated carbocycles. The van der Waals surface area contributed by atoms with Crippen LogP contribution in [0.25, 0.3) is 10.2 Å². The quantitative estimate of drug-likeness (QED) is 0.655. The van der Waals surface area contributed by atoms with Crippen LogP contribution in [0.5, 0.6) is 11.5 Å². The summed E-state index contributed by atoms with van der Waals surface area (Å²) in [5, 5.41) is 8.99.